The van der Waals surface area contributed by atoms with Gasteiger partial charge < -0.3 is 9.73 Å². The van der Waals surface area contributed by atoms with Crippen molar-refractivity contribution in [2.24, 2.45) is 0 Å². The molecule has 2 aromatic carbocycles. The average molecular weight is 404 g/mol. The summed E-state index contributed by atoms with van der Waals surface area (Å²) in [6, 6.07) is 15.8. The van der Waals surface area contributed by atoms with E-state index in [1.807, 2.05) is 24.3 Å². The Hall–Kier alpha value is -3.94. The first-order chi connectivity index (χ1) is 14.6. The van der Waals surface area contributed by atoms with E-state index in [4.69, 9.17) is 4.42 Å². The molecule has 1 atom stereocenters. The van der Waals surface area contributed by atoms with Gasteiger partial charge in [-0.05, 0) is 48.5 Å². The smallest absolute Gasteiger partial charge is 0.253 e. The molecule has 5 rings (SSSR count). The summed E-state index contributed by atoms with van der Waals surface area (Å²) in [6.07, 6.45) is 1.48. The first kappa shape index (κ1) is 18.1. The van der Waals surface area contributed by atoms with Crippen LogP contribution in [-0.4, -0.2) is 21.4 Å². The molecule has 0 fully saturated rings. The van der Waals surface area contributed by atoms with Gasteiger partial charge in [-0.1, -0.05) is 12.1 Å². The molecule has 0 spiro atoms. The number of imidazole rings is 1. The Morgan fingerprint density at radius 1 is 1.10 bits per heavy atom. The van der Waals surface area contributed by atoms with E-state index in [1.54, 1.807) is 23.0 Å². The normalized spacial score (nSPS) is 15.6. The lowest BCUT2D eigenvalue weighted by Crippen LogP contribution is -2.31. The van der Waals surface area contributed by atoms with E-state index in [1.165, 1.54) is 29.2 Å². The highest BCUT2D eigenvalue weighted by molar-refractivity contribution is 6.05. The second-order valence-electron chi connectivity index (χ2n) is 7.05. The monoisotopic (exact) mass is 404 g/mol. The first-order valence-electron chi connectivity index (χ1n) is 9.46. The molecule has 3 heterocycles. The summed E-state index contributed by atoms with van der Waals surface area (Å²) in [5, 5.41) is 2.72. The number of hydrogen-bond donors (Lipinski definition) is 1. The van der Waals surface area contributed by atoms with Gasteiger partial charge in [0, 0.05) is 5.69 Å². The number of carbonyl (C=O) groups is 2. The number of halogens is 1. The number of nitrogens with zero attached hydrogens (tertiary/aromatic N) is 3. The number of anilines is 2. The van der Waals surface area contributed by atoms with E-state index in [-0.39, 0.29) is 30.6 Å². The minimum Gasteiger partial charge on any atom is -0.467 e. The van der Waals surface area contributed by atoms with Gasteiger partial charge in [-0.3, -0.25) is 19.1 Å². The highest BCUT2D eigenvalue weighted by Crippen LogP contribution is 2.37. The predicted octanol–water partition coefficient (Wildman–Crippen LogP) is 3.89. The van der Waals surface area contributed by atoms with Crippen LogP contribution in [0.1, 0.15) is 18.2 Å². The lowest BCUT2D eigenvalue weighted by atomic mass is 10.1. The van der Waals surface area contributed by atoms with E-state index < -0.39 is 6.04 Å². The Labute approximate surface area is 170 Å². The van der Waals surface area contributed by atoms with Gasteiger partial charge in [0.05, 0.1) is 30.3 Å². The SMILES string of the molecule is O=C(CC1C(=O)N(Cc2ccco2)c2nc3ccccc3n21)Nc1ccc(F)cc1. The largest absolute Gasteiger partial charge is 0.467 e. The van der Waals surface area contributed by atoms with Crippen molar-refractivity contribution in [2.45, 2.75) is 19.0 Å². The number of furan rings is 1. The molecule has 2 amide bonds. The molecule has 4 aromatic rings. The van der Waals surface area contributed by atoms with Crippen molar-refractivity contribution in [3.05, 3.63) is 78.5 Å². The van der Waals surface area contributed by atoms with Crippen molar-refractivity contribution in [3.63, 3.8) is 0 Å². The van der Waals surface area contributed by atoms with Gasteiger partial charge >= 0.3 is 0 Å². The van der Waals surface area contributed by atoms with Crippen molar-refractivity contribution >= 4 is 34.5 Å². The maximum Gasteiger partial charge on any atom is 0.253 e. The second-order valence-corrected chi connectivity index (χ2v) is 7.05. The van der Waals surface area contributed by atoms with Gasteiger partial charge in [0.2, 0.25) is 11.9 Å². The van der Waals surface area contributed by atoms with Crippen LogP contribution in [0.4, 0.5) is 16.0 Å². The number of para-hydroxylation sites is 2. The summed E-state index contributed by atoms with van der Waals surface area (Å²) in [4.78, 5) is 32.0. The standard InChI is InChI=1S/C22H17FN4O3/c23-14-7-9-15(10-8-14)24-20(28)12-19-21(29)26(13-16-4-3-11-30-16)22-25-17-5-1-2-6-18(17)27(19)22/h1-11,19H,12-13H2,(H,24,28). The fourth-order valence-electron chi connectivity index (χ4n) is 3.72. The van der Waals surface area contributed by atoms with Crippen LogP contribution in [-0.2, 0) is 16.1 Å². The Balaban J connectivity index is 1.46. The third-order valence-corrected chi connectivity index (χ3v) is 5.08. The van der Waals surface area contributed by atoms with Gasteiger partial charge in [-0.15, -0.1) is 0 Å². The van der Waals surface area contributed by atoms with Crippen molar-refractivity contribution in [1.29, 1.82) is 0 Å². The molecule has 0 radical (unpaired) electrons. The molecule has 1 aliphatic rings. The highest BCUT2D eigenvalue weighted by Gasteiger charge is 2.41. The lowest BCUT2D eigenvalue weighted by Gasteiger charge is -2.15. The molecule has 1 aliphatic heterocycles. The Bertz CT molecular complexity index is 1230. The van der Waals surface area contributed by atoms with E-state index in [2.05, 4.69) is 10.3 Å². The van der Waals surface area contributed by atoms with Crippen LogP contribution in [0.25, 0.3) is 11.0 Å². The molecule has 30 heavy (non-hydrogen) atoms. The van der Waals surface area contributed by atoms with Crippen LogP contribution in [0, 0.1) is 5.82 Å². The van der Waals surface area contributed by atoms with Crippen molar-refractivity contribution in [3.8, 4) is 0 Å². The minimum atomic E-state index is -0.734. The van der Waals surface area contributed by atoms with Gasteiger partial charge in [0.1, 0.15) is 17.6 Å². The molecule has 0 saturated carbocycles. The van der Waals surface area contributed by atoms with Gasteiger partial charge in [-0.25, -0.2) is 9.37 Å². The van der Waals surface area contributed by atoms with E-state index in [9.17, 15) is 14.0 Å². The quantitative estimate of drug-likeness (QED) is 0.547. The Morgan fingerprint density at radius 3 is 2.67 bits per heavy atom. The summed E-state index contributed by atoms with van der Waals surface area (Å²) in [5.74, 6) is 0.148. The fraction of sp³-hybridized carbons (Fsp3) is 0.136. The Morgan fingerprint density at radius 2 is 1.90 bits per heavy atom. The number of fused-ring (bicyclic) bond motifs is 3. The summed E-state index contributed by atoms with van der Waals surface area (Å²) < 4.78 is 20.3. The van der Waals surface area contributed by atoms with E-state index in [0.29, 0.717) is 17.4 Å². The maximum atomic E-state index is 13.2. The van der Waals surface area contributed by atoms with Gasteiger partial charge in [0.25, 0.3) is 5.91 Å². The van der Waals surface area contributed by atoms with Gasteiger partial charge in [-0.2, -0.15) is 0 Å². The summed E-state index contributed by atoms with van der Waals surface area (Å²) in [5.41, 5.74) is 1.99. The van der Waals surface area contributed by atoms with E-state index in [0.717, 1.165) is 11.0 Å². The summed E-state index contributed by atoms with van der Waals surface area (Å²) in [7, 11) is 0. The third kappa shape index (κ3) is 3.12. The molecule has 8 heteroatoms. The van der Waals surface area contributed by atoms with Crippen molar-refractivity contribution in [1.82, 2.24) is 9.55 Å². The zero-order valence-corrected chi connectivity index (χ0v) is 15.8. The zero-order valence-electron chi connectivity index (χ0n) is 15.8. The molecule has 0 bridgehead atoms. The van der Waals surface area contributed by atoms with Crippen LogP contribution in [0.3, 0.4) is 0 Å². The van der Waals surface area contributed by atoms with Crippen molar-refractivity contribution in [2.75, 3.05) is 10.2 Å². The fourth-order valence-corrected chi connectivity index (χ4v) is 3.72. The summed E-state index contributed by atoms with van der Waals surface area (Å²) >= 11 is 0. The lowest BCUT2D eigenvalue weighted by molar-refractivity contribution is -0.124. The molecular weight excluding hydrogens is 387 g/mol. The molecular formula is C22H17FN4O3. The second kappa shape index (κ2) is 7.14. The average Bonchev–Trinajstić information content (AvgIpc) is 3.44. The van der Waals surface area contributed by atoms with Crippen LogP contribution in [0.5, 0.6) is 0 Å². The number of hydrogen-bond acceptors (Lipinski definition) is 4. The number of rotatable bonds is 5. The number of carbonyl (C=O) groups excluding carboxylic acids is 2. The summed E-state index contributed by atoms with van der Waals surface area (Å²) in [6.45, 7) is 0.227. The molecule has 0 aliphatic carbocycles. The van der Waals surface area contributed by atoms with Crippen LogP contribution < -0.4 is 10.2 Å². The molecule has 150 valence electrons. The topological polar surface area (TPSA) is 80.4 Å². The zero-order chi connectivity index (χ0) is 20.7. The van der Waals surface area contributed by atoms with Gasteiger partial charge in [0.15, 0.2) is 0 Å². The highest BCUT2D eigenvalue weighted by atomic mass is 19.1. The Kier molecular flexibility index (Phi) is 4.31. The molecule has 1 N–H and O–H groups in total. The molecule has 0 saturated heterocycles. The van der Waals surface area contributed by atoms with Crippen LogP contribution in [0.15, 0.2) is 71.3 Å². The first-order valence-corrected chi connectivity index (χ1v) is 9.46. The van der Waals surface area contributed by atoms with E-state index >= 15 is 0 Å². The molecule has 2 aromatic heterocycles. The predicted molar refractivity (Wildman–Crippen MR) is 108 cm³/mol. The van der Waals surface area contributed by atoms with Crippen LogP contribution in [0.2, 0.25) is 0 Å². The molecule has 1 unspecified atom stereocenters. The number of aromatic nitrogens is 2. The van der Waals surface area contributed by atoms with Crippen molar-refractivity contribution < 1.29 is 18.4 Å². The number of benzene rings is 2. The third-order valence-electron chi connectivity index (χ3n) is 5.08. The number of nitrogens with one attached hydrogen (secondary N) is 1. The maximum absolute atomic E-state index is 13.2. The minimum absolute atomic E-state index is 0.0712. The number of amides is 2. The molecule has 7 nitrogen and oxygen atoms in total. The van der Waals surface area contributed by atoms with Crippen LogP contribution >= 0.6 is 0 Å².